The fourth-order valence-electron chi connectivity index (χ4n) is 3.17. The molecule has 0 heterocycles. The van der Waals surface area contributed by atoms with Crippen molar-refractivity contribution in [3.63, 3.8) is 0 Å². The molecule has 0 spiro atoms. The summed E-state index contributed by atoms with van der Waals surface area (Å²) in [6.07, 6.45) is 20.5. The molecule has 1 atom stereocenters. The van der Waals surface area contributed by atoms with Crippen LogP contribution in [0.3, 0.4) is 0 Å². The molecule has 10 heteroatoms. The van der Waals surface area contributed by atoms with Gasteiger partial charge in [-0.3, -0.25) is 14.1 Å². The Morgan fingerprint density at radius 3 is 1.62 bits per heavy atom. The predicted octanol–water partition coefficient (Wildman–Crippen LogP) is -0.121. The summed E-state index contributed by atoms with van der Waals surface area (Å²) in [7, 11) is -4.85. The monoisotopic (exact) mass is 496 g/mol. The van der Waals surface area contributed by atoms with Crippen molar-refractivity contribution in [2.45, 2.75) is 115 Å². The Hall–Kier alpha value is 0.590. The molecule has 0 saturated carbocycles. The first kappa shape index (κ1) is 37.1. The van der Waals surface area contributed by atoms with Gasteiger partial charge >= 0.3 is 71.1 Å². The van der Waals surface area contributed by atoms with Crippen LogP contribution in [0.5, 0.6) is 0 Å². The molecule has 2 N–H and O–H groups in total. The summed E-state index contributed by atoms with van der Waals surface area (Å²) >= 11 is 0. The molecule has 0 amide bonds. The van der Waals surface area contributed by atoms with Crippen LogP contribution in [-0.2, 0) is 24.4 Å². The molecule has 0 radical (unpaired) electrons. The molecule has 0 rings (SSSR count). The van der Waals surface area contributed by atoms with Gasteiger partial charge in [0.15, 0.2) is 5.25 Å². The van der Waals surface area contributed by atoms with Gasteiger partial charge in [-0.1, -0.05) is 90.4 Å². The third kappa shape index (κ3) is 23.7. The number of unbranched alkanes of at least 4 members (excludes halogenated alkanes) is 14. The van der Waals surface area contributed by atoms with Gasteiger partial charge in [0.1, 0.15) is 0 Å². The number of esters is 1. The number of aliphatic carboxylic acids is 1. The fraction of sp³-hybridized carbons (Fsp3) is 0.818. The molecule has 180 valence electrons. The molecule has 0 aliphatic rings. The number of hydrogen-bond donors (Lipinski definition) is 2. The Labute approximate surface area is 241 Å². The van der Waals surface area contributed by atoms with Crippen LogP contribution >= 0.6 is 0 Å². The third-order valence-electron chi connectivity index (χ3n) is 5.01. The average molecular weight is 497 g/mol. The van der Waals surface area contributed by atoms with Crippen LogP contribution in [0.4, 0.5) is 0 Å². The maximum absolute atomic E-state index is 11.5. The smallest absolute Gasteiger partial charge is 1.00 e. The third-order valence-corrected chi connectivity index (χ3v) is 6.09. The molecule has 0 aromatic carbocycles. The number of hydrogen-bond acceptors (Lipinski definition) is 5. The fourth-order valence-corrected chi connectivity index (χ4v) is 3.77. The van der Waals surface area contributed by atoms with Gasteiger partial charge in [-0.2, -0.15) is 8.42 Å². The number of carbonyl (C=O) groups is 2. The van der Waals surface area contributed by atoms with Gasteiger partial charge in [0, 0.05) is 0 Å². The zero-order valence-corrected chi connectivity index (χ0v) is 25.2. The maximum Gasteiger partial charge on any atom is 1.00 e. The van der Waals surface area contributed by atoms with E-state index >= 15 is 0 Å². The normalized spacial score (nSPS) is 12.1. The largest absolute Gasteiger partial charge is 1.00 e. The van der Waals surface area contributed by atoms with E-state index in [2.05, 4.69) is 11.7 Å². The molecule has 7 nitrogen and oxygen atoms in total. The molecule has 0 aromatic heterocycles. The SMILES string of the molecule is CCCCCCCCCCCCCCCCC=COC(=O)CC(C(=O)O)S(=O)(=O)O.[H-].[H-].[Na+].[Na+]. The second kappa shape index (κ2) is 24.7. The number of carbonyl (C=O) groups excluding carboxylic acids is 1. The summed E-state index contributed by atoms with van der Waals surface area (Å²) in [5, 5.41) is 6.51. The molecule has 0 bridgehead atoms. The van der Waals surface area contributed by atoms with Gasteiger partial charge in [0.25, 0.3) is 10.1 Å². The summed E-state index contributed by atoms with van der Waals surface area (Å²) in [6, 6.07) is 0. The summed E-state index contributed by atoms with van der Waals surface area (Å²) in [6.45, 7) is 2.24. The number of ether oxygens (including phenoxy) is 1. The molecule has 1 unspecified atom stereocenters. The molecular weight excluding hydrogens is 454 g/mol. The minimum Gasteiger partial charge on any atom is -1.00 e. The van der Waals surface area contributed by atoms with Crippen molar-refractivity contribution >= 4 is 22.1 Å². The first-order chi connectivity index (χ1) is 14.3. The zero-order valence-electron chi connectivity index (χ0n) is 22.4. The quantitative estimate of drug-likeness (QED) is 0.0793. The summed E-state index contributed by atoms with van der Waals surface area (Å²) in [5.74, 6) is -2.81. The van der Waals surface area contributed by atoms with Crippen LogP contribution in [0.2, 0.25) is 0 Å². The number of carboxylic acid groups (broad SMARTS) is 1. The average Bonchev–Trinajstić information content (AvgIpc) is 2.67. The Balaban J connectivity index is -0.000000701. The molecule has 0 aromatic rings. The number of allylic oxidation sites excluding steroid dienone is 1. The Morgan fingerprint density at radius 2 is 1.25 bits per heavy atom. The van der Waals surface area contributed by atoms with E-state index in [9.17, 15) is 18.0 Å². The first-order valence-corrected chi connectivity index (χ1v) is 12.8. The van der Waals surface area contributed by atoms with Crippen molar-refractivity contribution in [2.75, 3.05) is 0 Å². The van der Waals surface area contributed by atoms with E-state index in [0.29, 0.717) is 0 Å². The van der Waals surface area contributed by atoms with Crippen molar-refractivity contribution in [2.24, 2.45) is 0 Å². The molecule has 0 saturated heterocycles. The van der Waals surface area contributed by atoms with Crippen molar-refractivity contribution in [1.29, 1.82) is 0 Å². The van der Waals surface area contributed by atoms with Gasteiger partial charge in [-0.05, 0) is 18.9 Å². The second-order valence-electron chi connectivity index (χ2n) is 7.79. The van der Waals surface area contributed by atoms with E-state index in [1.54, 1.807) is 6.08 Å². The molecule has 0 aliphatic heterocycles. The van der Waals surface area contributed by atoms with Crippen LogP contribution < -0.4 is 59.1 Å². The molecule has 0 fully saturated rings. The number of rotatable bonds is 20. The van der Waals surface area contributed by atoms with E-state index in [4.69, 9.17) is 9.66 Å². The van der Waals surface area contributed by atoms with Crippen LogP contribution in [0, 0.1) is 0 Å². The molecular formula is C22H42Na2O7S. The van der Waals surface area contributed by atoms with E-state index in [-0.39, 0.29) is 62.0 Å². The van der Waals surface area contributed by atoms with Crippen LogP contribution in [0.25, 0.3) is 0 Å². The predicted molar refractivity (Wildman–Crippen MR) is 120 cm³/mol. The van der Waals surface area contributed by atoms with Gasteiger partial charge in [0.2, 0.25) is 0 Å². The summed E-state index contributed by atoms with van der Waals surface area (Å²) in [4.78, 5) is 22.2. The topological polar surface area (TPSA) is 118 Å². The standard InChI is InChI=1S/C22H40O7S.2Na.2H/c1-2-3-4-5-6-7-8-9-10-11-12-13-14-15-16-17-18-29-21(23)19-20(22(24)25)30(26,27)28;;;;/h17-18,20H,2-16,19H2,1H3,(H,24,25)(H,26,27,28);;;;/q;2*+1;2*-1. The van der Waals surface area contributed by atoms with E-state index in [1.165, 1.54) is 77.0 Å². The van der Waals surface area contributed by atoms with Crippen molar-refractivity contribution < 1.29 is 94.4 Å². The van der Waals surface area contributed by atoms with Gasteiger partial charge in [-0.25, -0.2) is 0 Å². The Morgan fingerprint density at radius 1 is 0.844 bits per heavy atom. The molecule has 0 aliphatic carbocycles. The summed E-state index contributed by atoms with van der Waals surface area (Å²) in [5.41, 5.74) is 0. The zero-order chi connectivity index (χ0) is 22.7. The van der Waals surface area contributed by atoms with Crippen molar-refractivity contribution in [1.82, 2.24) is 0 Å². The number of carboxylic acids is 1. The summed E-state index contributed by atoms with van der Waals surface area (Å²) < 4.78 is 35.2. The van der Waals surface area contributed by atoms with Gasteiger partial charge in [0.05, 0.1) is 12.7 Å². The molecule has 32 heavy (non-hydrogen) atoms. The van der Waals surface area contributed by atoms with Crippen molar-refractivity contribution in [3.8, 4) is 0 Å². The minimum absolute atomic E-state index is 0. The van der Waals surface area contributed by atoms with Crippen molar-refractivity contribution in [3.05, 3.63) is 12.3 Å². The van der Waals surface area contributed by atoms with Crippen LogP contribution in [0.15, 0.2) is 12.3 Å². The minimum atomic E-state index is -4.85. The van der Waals surface area contributed by atoms with E-state index in [1.807, 2.05) is 0 Å². The Bertz CT molecular complexity index is 606. The Kier molecular flexibility index (Phi) is 28.7. The van der Waals surface area contributed by atoms with Crippen LogP contribution in [0.1, 0.15) is 113 Å². The first-order valence-electron chi connectivity index (χ1n) is 11.3. The van der Waals surface area contributed by atoms with Gasteiger partial charge < -0.3 is 12.7 Å². The second-order valence-corrected chi connectivity index (χ2v) is 9.39. The van der Waals surface area contributed by atoms with E-state index < -0.39 is 33.7 Å². The van der Waals surface area contributed by atoms with Gasteiger partial charge in [-0.15, -0.1) is 0 Å². The van der Waals surface area contributed by atoms with Crippen LogP contribution in [-0.4, -0.2) is 35.3 Å². The van der Waals surface area contributed by atoms with E-state index in [0.717, 1.165) is 25.5 Å². The maximum atomic E-state index is 11.5.